The first-order valence-electron chi connectivity index (χ1n) is 8.78. The van der Waals surface area contributed by atoms with Gasteiger partial charge in [0.25, 0.3) is 0 Å². The zero-order valence-electron chi connectivity index (χ0n) is 15.4. The quantitative estimate of drug-likeness (QED) is 0.643. The molecule has 0 bridgehead atoms. The van der Waals surface area contributed by atoms with E-state index in [0.717, 1.165) is 16.3 Å². The monoisotopic (exact) mass is 368 g/mol. The molecule has 1 N–H and O–H groups in total. The van der Waals surface area contributed by atoms with Crippen molar-refractivity contribution in [2.24, 2.45) is 0 Å². The fraction of sp³-hybridized carbons (Fsp3) is 0.350. The second-order valence-corrected chi connectivity index (χ2v) is 7.67. The molecule has 1 amide bonds. The summed E-state index contributed by atoms with van der Waals surface area (Å²) >= 11 is 1.63. The highest BCUT2D eigenvalue weighted by Gasteiger charge is 2.08. The molecule has 0 aliphatic heterocycles. The number of rotatable bonds is 7. The summed E-state index contributed by atoms with van der Waals surface area (Å²) in [4.78, 5) is 20.8. The molecule has 3 aromatic rings. The van der Waals surface area contributed by atoms with E-state index in [1.807, 2.05) is 10.8 Å². The summed E-state index contributed by atoms with van der Waals surface area (Å²) in [6.07, 6.45) is 5.90. The molecule has 2 aromatic heterocycles. The molecule has 5 nitrogen and oxygen atoms in total. The third-order valence-corrected chi connectivity index (χ3v) is 5.27. The molecule has 1 atom stereocenters. The van der Waals surface area contributed by atoms with E-state index in [-0.39, 0.29) is 11.9 Å². The van der Waals surface area contributed by atoms with Crippen molar-refractivity contribution in [3.8, 4) is 0 Å². The second kappa shape index (κ2) is 8.36. The fourth-order valence-corrected chi connectivity index (χ4v) is 3.70. The van der Waals surface area contributed by atoms with Crippen LogP contribution in [0.3, 0.4) is 0 Å². The van der Waals surface area contributed by atoms with Gasteiger partial charge in [-0.05, 0) is 44.5 Å². The van der Waals surface area contributed by atoms with E-state index in [4.69, 9.17) is 4.98 Å². The van der Waals surface area contributed by atoms with Gasteiger partial charge in [0, 0.05) is 42.5 Å². The third-order valence-electron chi connectivity index (χ3n) is 4.36. The molecule has 0 saturated carbocycles. The zero-order valence-corrected chi connectivity index (χ0v) is 16.2. The van der Waals surface area contributed by atoms with Gasteiger partial charge in [0.15, 0.2) is 0 Å². The molecule has 3 rings (SSSR count). The maximum absolute atomic E-state index is 12.1. The first-order chi connectivity index (χ1) is 12.5. The Labute approximate surface area is 158 Å². The molecule has 0 aliphatic carbocycles. The summed E-state index contributed by atoms with van der Waals surface area (Å²) in [7, 11) is 0. The Balaban J connectivity index is 1.49. The normalized spacial score (nSPS) is 12.3. The van der Waals surface area contributed by atoms with Gasteiger partial charge in [-0.1, -0.05) is 11.6 Å². The molecule has 2 heterocycles. The number of pyridine rings is 1. The van der Waals surface area contributed by atoms with Gasteiger partial charge >= 0.3 is 0 Å². The second-order valence-electron chi connectivity index (χ2n) is 6.56. The number of fused-ring (bicyclic) bond motifs is 1. The van der Waals surface area contributed by atoms with Crippen LogP contribution in [0.15, 0.2) is 48.0 Å². The van der Waals surface area contributed by atoms with Crippen molar-refractivity contribution in [2.75, 3.05) is 12.3 Å². The Bertz CT molecular complexity index is 892. The Morgan fingerprint density at radius 2 is 2.15 bits per heavy atom. The fourth-order valence-electron chi connectivity index (χ4n) is 2.78. The number of nitrogens with zero attached hydrogens (tertiary/aromatic N) is 3. The number of aryl methyl sites for hydroxylation is 2. The van der Waals surface area contributed by atoms with Crippen molar-refractivity contribution < 1.29 is 4.79 Å². The largest absolute Gasteiger partial charge is 0.354 e. The lowest BCUT2D eigenvalue weighted by Gasteiger charge is -2.13. The van der Waals surface area contributed by atoms with E-state index in [1.165, 1.54) is 16.5 Å². The molecule has 0 radical (unpaired) electrons. The minimum absolute atomic E-state index is 0.0672. The van der Waals surface area contributed by atoms with Crippen LogP contribution in [-0.4, -0.2) is 32.7 Å². The van der Waals surface area contributed by atoms with Crippen LogP contribution >= 0.6 is 11.8 Å². The van der Waals surface area contributed by atoms with E-state index in [1.54, 1.807) is 24.3 Å². The maximum Gasteiger partial charge on any atom is 0.220 e. The summed E-state index contributed by atoms with van der Waals surface area (Å²) in [5.74, 6) is 0.785. The van der Waals surface area contributed by atoms with Crippen LogP contribution in [0.25, 0.3) is 10.9 Å². The standard InChI is InChI=1S/C20H24N4OS/c1-14-4-5-18-17(10-14)15(2)11-20(23-18)26-9-6-19(25)22-12-16(3)24-8-7-21-13-24/h4-5,7-8,10-11,13,16H,6,9,12H2,1-3H3,(H,22,25). The molecular weight excluding hydrogens is 344 g/mol. The SMILES string of the molecule is Cc1ccc2nc(SCCC(=O)NCC(C)n3ccnc3)cc(C)c2c1. The number of thioether (sulfide) groups is 1. The van der Waals surface area contributed by atoms with Crippen molar-refractivity contribution >= 4 is 28.6 Å². The molecule has 26 heavy (non-hydrogen) atoms. The molecule has 0 saturated heterocycles. The Morgan fingerprint density at radius 3 is 2.92 bits per heavy atom. The van der Waals surface area contributed by atoms with Crippen LogP contribution < -0.4 is 5.32 Å². The van der Waals surface area contributed by atoms with Gasteiger partial charge in [0.1, 0.15) is 0 Å². The number of carbonyl (C=O) groups is 1. The topological polar surface area (TPSA) is 59.8 Å². The number of hydrogen-bond acceptors (Lipinski definition) is 4. The smallest absolute Gasteiger partial charge is 0.220 e. The van der Waals surface area contributed by atoms with Crippen molar-refractivity contribution in [2.45, 2.75) is 38.3 Å². The summed E-state index contributed by atoms with van der Waals surface area (Å²) in [6, 6.07) is 8.61. The Morgan fingerprint density at radius 1 is 1.31 bits per heavy atom. The van der Waals surface area contributed by atoms with Gasteiger partial charge in [-0.25, -0.2) is 9.97 Å². The van der Waals surface area contributed by atoms with Crippen LogP contribution in [0.2, 0.25) is 0 Å². The van der Waals surface area contributed by atoms with Crippen molar-refractivity contribution in [3.63, 3.8) is 0 Å². The van der Waals surface area contributed by atoms with Crippen LogP contribution in [0.1, 0.15) is 30.5 Å². The van der Waals surface area contributed by atoms with Crippen molar-refractivity contribution in [1.82, 2.24) is 19.9 Å². The highest BCUT2D eigenvalue weighted by atomic mass is 32.2. The van der Waals surface area contributed by atoms with E-state index < -0.39 is 0 Å². The van der Waals surface area contributed by atoms with Gasteiger partial charge in [-0.2, -0.15) is 0 Å². The number of imidazole rings is 1. The van der Waals surface area contributed by atoms with Gasteiger partial charge in [-0.15, -0.1) is 11.8 Å². The predicted molar refractivity (Wildman–Crippen MR) is 107 cm³/mol. The zero-order chi connectivity index (χ0) is 18.5. The van der Waals surface area contributed by atoms with Crippen LogP contribution in [0.4, 0.5) is 0 Å². The van der Waals surface area contributed by atoms with Crippen molar-refractivity contribution in [1.29, 1.82) is 0 Å². The number of nitrogens with one attached hydrogen (secondary N) is 1. The first-order valence-corrected chi connectivity index (χ1v) is 9.76. The summed E-state index contributed by atoms with van der Waals surface area (Å²) in [5.41, 5.74) is 3.47. The van der Waals surface area contributed by atoms with Crippen LogP contribution in [0.5, 0.6) is 0 Å². The first kappa shape index (κ1) is 18.5. The molecule has 0 fully saturated rings. The molecular formula is C20H24N4OS. The molecule has 136 valence electrons. The molecule has 6 heteroatoms. The Kier molecular flexibility index (Phi) is 5.93. The molecule has 1 aromatic carbocycles. The number of amides is 1. The maximum atomic E-state index is 12.1. The van der Waals surface area contributed by atoms with E-state index >= 15 is 0 Å². The summed E-state index contributed by atoms with van der Waals surface area (Å²) < 4.78 is 1.98. The minimum atomic E-state index is 0.0672. The number of carbonyl (C=O) groups excluding carboxylic acids is 1. The average molecular weight is 369 g/mol. The average Bonchev–Trinajstić information content (AvgIpc) is 3.15. The van der Waals surface area contributed by atoms with E-state index in [9.17, 15) is 4.79 Å². The van der Waals surface area contributed by atoms with E-state index in [2.05, 4.69) is 55.3 Å². The van der Waals surface area contributed by atoms with Gasteiger partial charge in [0.05, 0.1) is 16.9 Å². The molecule has 1 unspecified atom stereocenters. The lowest BCUT2D eigenvalue weighted by atomic mass is 10.1. The Hall–Kier alpha value is -2.34. The van der Waals surface area contributed by atoms with Gasteiger partial charge in [0.2, 0.25) is 5.91 Å². The van der Waals surface area contributed by atoms with Crippen molar-refractivity contribution in [3.05, 3.63) is 54.1 Å². The molecule has 0 spiro atoms. The number of benzene rings is 1. The van der Waals surface area contributed by atoms with Gasteiger partial charge in [-0.3, -0.25) is 4.79 Å². The number of hydrogen-bond donors (Lipinski definition) is 1. The third kappa shape index (κ3) is 4.64. The minimum Gasteiger partial charge on any atom is -0.354 e. The van der Waals surface area contributed by atoms with E-state index in [0.29, 0.717) is 13.0 Å². The highest BCUT2D eigenvalue weighted by Crippen LogP contribution is 2.24. The number of aromatic nitrogens is 3. The predicted octanol–water partition coefficient (Wildman–Crippen LogP) is 3.91. The summed E-state index contributed by atoms with van der Waals surface area (Å²) in [5, 5.41) is 5.15. The highest BCUT2D eigenvalue weighted by molar-refractivity contribution is 7.99. The van der Waals surface area contributed by atoms with Crippen LogP contribution in [-0.2, 0) is 4.79 Å². The van der Waals surface area contributed by atoms with Crippen LogP contribution in [0, 0.1) is 13.8 Å². The molecule has 0 aliphatic rings. The van der Waals surface area contributed by atoms with Gasteiger partial charge < -0.3 is 9.88 Å². The lowest BCUT2D eigenvalue weighted by Crippen LogP contribution is -2.29. The lowest BCUT2D eigenvalue weighted by molar-refractivity contribution is -0.120. The summed E-state index contributed by atoms with van der Waals surface area (Å²) in [6.45, 7) is 6.86.